The van der Waals surface area contributed by atoms with Crippen molar-refractivity contribution >= 4 is 10.9 Å². The number of pyridine rings is 1. The number of nitrogens with zero attached hydrogens (tertiary/aromatic N) is 3. The summed E-state index contributed by atoms with van der Waals surface area (Å²) in [4.78, 5) is 6.85. The van der Waals surface area contributed by atoms with E-state index in [0.717, 1.165) is 18.8 Å². The molecule has 3 aromatic rings. The third-order valence-corrected chi connectivity index (χ3v) is 6.05. The largest absolute Gasteiger partial charge is 0.344 e. The second-order valence-electron chi connectivity index (χ2n) is 7.89. The first-order chi connectivity index (χ1) is 12.1. The van der Waals surface area contributed by atoms with Crippen molar-refractivity contribution in [1.82, 2.24) is 14.5 Å². The van der Waals surface area contributed by atoms with E-state index in [-0.39, 0.29) is 0 Å². The van der Waals surface area contributed by atoms with Crippen LogP contribution in [0.25, 0.3) is 10.9 Å². The predicted molar refractivity (Wildman–Crippen MR) is 102 cm³/mol. The first-order valence-corrected chi connectivity index (χ1v) is 9.37. The molecule has 5 rings (SSSR count). The summed E-state index contributed by atoms with van der Waals surface area (Å²) in [5.74, 6) is 0.491. The van der Waals surface area contributed by atoms with Crippen LogP contribution >= 0.6 is 0 Å². The van der Waals surface area contributed by atoms with Crippen molar-refractivity contribution in [2.24, 2.45) is 0 Å². The Labute approximate surface area is 149 Å². The molecule has 4 heterocycles. The van der Waals surface area contributed by atoms with Gasteiger partial charge in [-0.3, -0.25) is 4.98 Å². The molecule has 2 aliphatic rings. The van der Waals surface area contributed by atoms with Crippen molar-refractivity contribution < 1.29 is 0 Å². The number of aromatic nitrogens is 2. The Morgan fingerprint density at radius 3 is 2.84 bits per heavy atom. The molecule has 0 amide bonds. The fraction of sp³-hybridized carbons (Fsp3) is 0.409. The van der Waals surface area contributed by atoms with E-state index in [9.17, 15) is 0 Å². The highest BCUT2D eigenvalue weighted by Crippen LogP contribution is 2.43. The molecule has 1 unspecified atom stereocenters. The molecule has 0 bridgehead atoms. The van der Waals surface area contributed by atoms with Gasteiger partial charge in [0.15, 0.2) is 0 Å². The molecule has 25 heavy (non-hydrogen) atoms. The maximum absolute atomic E-state index is 4.40. The normalized spacial score (nSPS) is 20.0. The predicted octanol–water partition coefficient (Wildman–Crippen LogP) is 4.18. The third-order valence-electron chi connectivity index (χ3n) is 6.05. The number of hydrogen-bond donors (Lipinski definition) is 0. The number of benzene rings is 1. The molecule has 0 saturated carbocycles. The van der Waals surface area contributed by atoms with Crippen LogP contribution in [0.1, 0.15) is 46.0 Å². The average Bonchev–Trinajstić information content (AvgIpc) is 2.89. The van der Waals surface area contributed by atoms with Crippen LogP contribution in [0.15, 0.2) is 30.5 Å². The maximum Gasteiger partial charge on any atom is 0.0524 e. The lowest BCUT2D eigenvalue weighted by atomic mass is 9.84. The lowest BCUT2D eigenvalue weighted by Gasteiger charge is -2.28. The van der Waals surface area contributed by atoms with E-state index in [1.807, 2.05) is 6.20 Å². The number of rotatable bonds is 1. The lowest BCUT2D eigenvalue weighted by Crippen LogP contribution is -2.27. The molecule has 0 radical (unpaired) electrons. The first kappa shape index (κ1) is 15.2. The van der Waals surface area contributed by atoms with Gasteiger partial charge in [-0.1, -0.05) is 11.6 Å². The van der Waals surface area contributed by atoms with E-state index in [4.69, 9.17) is 0 Å². The molecule has 1 aromatic carbocycles. The van der Waals surface area contributed by atoms with Crippen molar-refractivity contribution in [3.05, 3.63) is 64.1 Å². The summed E-state index contributed by atoms with van der Waals surface area (Å²) in [6, 6.07) is 9.31. The van der Waals surface area contributed by atoms with Crippen molar-refractivity contribution in [2.45, 2.75) is 45.7 Å². The fourth-order valence-electron chi connectivity index (χ4n) is 4.96. The van der Waals surface area contributed by atoms with E-state index in [2.05, 4.69) is 59.6 Å². The quantitative estimate of drug-likeness (QED) is 0.667. The summed E-state index contributed by atoms with van der Waals surface area (Å²) in [5, 5.41) is 1.49. The fourth-order valence-corrected chi connectivity index (χ4v) is 4.96. The first-order valence-electron chi connectivity index (χ1n) is 9.37. The number of aryl methyl sites for hydroxylation is 3. The molecule has 2 aromatic heterocycles. The van der Waals surface area contributed by atoms with E-state index in [1.54, 1.807) is 11.3 Å². The van der Waals surface area contributed by atoms with Gasteiger partial charge >= 0.3 is 0 Å². The molecular formula is C22H25N3. The molecular weight excluding hydrogens is 306 g/mol. The number of likely N-dealkylation sites (N-methyl/N-ethyl adjacent to an activating group) is 1. The summed E-state index contributed by atoms with van der Waals surface area (Å²) < 4.78 is 2.64. The van der Waals surface area contributed by atoms with Gasteiger partial charge in [-0.05, 0) is 62.2 Å². The maximum atomic E-state index is 4.40. The molecule has 1 atom stereocenters. The highest BCUT2D eigenvalue weighted by molar-refractivity contribution is 5.90. The number of fused-ring (bicyclic) bond motifs is 3. The Morgan fingerprint density at radius 1 is 1.12 bits per heavy atom. The van der Waals surface area contributed by atoms with Gasteiger partial charge in [0.2, 0.25) is 0 Å². The number of hydrogen-bond acceptors (Lipinski definition) is 2. The van der Waals surface area contributed by atoms with Gasteiger partial charge in [-0.15, -0.1) is 0 Å². The molecule has 0 spiro atoms. The Morgan fingerprint density at radius 2 is 2.00 bits per heavy atom. The van der Waals surface area contributed by atoms with E-state index < -0.39 is 0 Å². The van der Waals surface area contributed by atoms with E-state index >= 15 is 0 Å². The lowest BCUT2D eigenvalue weighted by molar-refractivity contribution is 0.308. The van der Waals surface area contributed by atoms with Crippen LogP contribution in [0.5, 0.6) is 0 Å². The summed E-state index contributed by atoms with van der Waals surface area (Å²) in [5.41, 5.74) is 10.1. The standard InChI is InChI=1S/C22H25N3/c1-14-10-18-17(16-4-7-23-15(2)12-16)5-9-25-21-6-8-24(3)13-20(21)19(11-14)22(18)25/h4,7,10-12,17H,5-6,8-9,13H2,1-3H3. The van der Waals surface area contributed by atoms with Gasteiger partial charge in [0, 0.05) is 54.9 Å². The highest BCUT2D eigenvalue weighted by atomic mass is 15.1. The van der Waals surface area contributed by atoms with Crippen molar-refractivity contribution in [2.75, 3.05) is 13.6 Å². The van der Waals surface area contributed by atoms with Crippen molar-refractivity contribution in [3.8, 4) is 0 Å². The van der Waals surface area contributed by atoms with Crippen molar-refractivity contribution in [1.29, 1.82) is 0 Å². The van der Waals surface area contributed by atoms with E-state index in [0.29, 0.717) is 5.92 Å². The second kappa shape index (κ2) is 5.43. The highest BCUT2D eigenvalue weighted by Gasteiger charge is 2.30. The monoisotopic (exact) mass is 331 g/mol. The summed E-state index contributed by atoms with van der Waals surface area (Å²) in [6.07, 6.45) is 4.33. The summed E-state index contributed by atoms with van der Waals surface area (Å²) in [6.45, 7) is 7.73. The van der Waals surface area contributed by atoms with Gasteiger partial charge in [0.1, 0.15) is 0 Å². The summed E-state index contributed by atoms with van der Waals surface area (Å²) in [7, 11) is 2.24. The molecule has 0 N–H and O–H groups in total. The average molecular weight is 331 g/mol. The van der Waals surface area contributed by atoms with Gasteiger partial charge < -0.3 is 9.47 Å². The zero-order valence-electron chi connectivity index (χ0n) is 15.3. The van der Waals surface area contributed by atoms with Crippen LogP contribution in [-0.2, 0) is 19.5 Å². The Hall–Kier alpha value is -2.13. The van der Waals surface area contributed by atoms with Crippen LogP contribution in [0.2, 0.25) is 0 Å². The van der Waals surface area contributed by atoms with Crippen LogP contribution in [0.4, 0.5) is 0 Å². The van der Waals surface area contributed by atoms with E-state index in [1.165, 1.54) is 47.0 Å². The van der Waals surface area contributed by atoms with Crippen LogP contribution in [0.3, 0.4) is 0 Å². The minimum Gasteiger partial charge on any atom is -0.344 e. The van der Waals surface area contributed by atoms with Gasteiger partial charge in [-0.2, -0.15) is 0 Å². The van der Waals surface area contributed by atoms with Crippen LogP contribution in [-0.4, -0.2) is 28.0 Å². The molecule has 2 aliphatic heterocycles. The second-order valence-corrected chi connectivity index (χ2v) is 7.89. The zero-order valence-corrected chi connectivity index (χ0v) is 15.3. The molecule has 0 aliphatic carbocycles. The molecule has 0 saturated heterocycles. The SMILES string of the molecule is Cc1cc2c3c(c1)c1c(n3CCC2c2ccnc(C)c2)CCN(C)C1. The molecule has 3 heteroatoms. The van der Waals surface area contributed by atoms with Gasteiger partial charge in [-0.25, -0.2) is 0 Å². The third kappa shape index (κ3) is 2.26. The summed E-state index contributed by atoms with van der Waals surface area (Å²) >= 11 is 0. The molecule has 3 nitrogen and oxygen atoms in total. The molecule has 128 valence electrons. The van der Waals surface area contributed by atoms with Gasteiger partial charge in [0.05, 0.1) is 5.52 Å². The Kier molecular flexibility index (Phi) is 3.29. The topological polar surface area (TPSA) is 21.1 Å². The van der Waals surface area contributed by atoms with Crippen molar-refractivity contribution in [3.63, 3.8) is 0 Å². The smallest absolute Gasteiger partial charge is 0.0524 e. The van der Waals surface area contributed by atoms with Crippen LogP contribution < -0.4 is 0 Å². The Balaban J connectivity index is 1.77. The minimum absolute atomic E-state index is 0.491. The Bertz CT molecular complexity index is 983. The van der Waals surface area contributed by atoms with Crippen LogP contribution in [0, 0.1) is 13.8 Å². The molecule has 0 fully saturated rings. The van der Waals surface area contributed by atoms with Gasteiger partial charge in [0.25, 0.3) is 0 Å². The zero-order chi connectivity index (χ0) is 17.1. The minimum atomic E-state index is 0.491.